The zero-order chi connectivity index (χ0) is 25.2. The minimum absolute atomic E-state index is 0.0993. The van der Waals surface area contributed by atoms with Gasteiger partial charge in [0.15, 0.2) is 11.9 Å². The van der Waals surface area contributed by atoms with E-state index in [1.165, 1.54) is 12.1 Å². The van der Waals surface area contributed by atoms with Gasteiger partial charge in [0.25, 0.3) is 0 Å². The Labute approximate surface area is 200 Å². The maximum absolute atomic E-state index is 12.6. The van der Waals surface area contributed by atoms with E-state index in [0.29, 0.717) is 28.2 Å². The molecule has 1 atom stereocenters. The zero-order valence-corrected chi connectivity index (χ0v) is 19.5. The van der Waals surface area contributed by atoms with Crippen molar-refractivity contribution in [2.24, 2.45) is 0 Å². The molecule has 0 radical (unpaired) electrons. The first kappa shape index (κ1) is 24.2. The molecule has 0 amide bonds. The predicted octanol–water partition coefficient (Wildman–Crippen LogP) is 5.33. The van der Waals surface area contributed by atoms with Crippen LogP contribution in [0.4, 0.5) is 18.9 Å². The fraction of sp³-hybridized carbons (Fsp3) is 0.160. The number of nitrogens with zero attached hydrogens (tertiary/aromatic N) is 1. The molecule has 0 fully saturated rings. The molecule has 4 aromatic rings. The van der Waals surface area contributed by atoms with E-state index in [-0.39, 0.29) is 5.75 Å². The lowest BCUT2D eigenvalue weighted by Gasteiger charge is -2.17. The lowest BCUT2D eigenvalue weighted by atomic mass is 10.0. The minimum atomic E-state index is -4.44. The molecule has 4 rings (SSSR count). The third-order valence-corrected chi connectivity index (χ3v) is 5.56. The number of hydrogen-bond acceptors (Lipinski definition) is 4. The number of alkyl halides is 3. The lowest BCUT2D eigenvalue weighted by Crippen LogP contribution is -2.31. The molecule has 0 spiro atoms. The SMILES string of the molecule is CC(Oc1ccc(C#Cc2nc3cc(-c4ccccc4NS(C)(=O)=O)ccc3[nH]2)cc1)C(F)(F)F. The lowest BCUT2D eigenvalue weighted by molar-refractivity contribution is -0.189. The topological polar surface area (TPSA) is 84.1 Å². The monoisotopic (exact) mass is 499 g/mol. The first-order valence-corrected chi connectivity index (χ1v) is 12.3. The highest BCUT2D eigenvalue weighted by atomic mass is 32.2. The minimum Gasteiger partial charge on any atom is -0.481 e. The smallest absolute Gasteiger partial charge is 0.425 e. The molecule has 0 aliphatic rings. The largest absolute Gasteiger partial charge is 0.481 e. The Balaban J connectivity index is 1.55. The number of para-hydroxylation sites is 1. The molecule has 2 N–H and O–H groups in total. The maximum Gasteiger partial charge on any atom is 0.425 e. The highest BCUT2D eigenvalue weighted by molar-refractivity contribution is 7.92. The van der Waals surface area contributed by atoms with Crippen LogP contribution in [0.1, 0.15) is 18.3 Å². The average Bonchev–Trinajstić information content (AvgIpc) is 3.19. The van der Waals surface area contributed by atoms with Crippen LogP contribution in [0.5, 0.6) is 5.75 Å². The van der Waals surface area contributed by atoms with Crippen molar-refractivity contribution in [1.82, 2.24) is 9.97 Å². The second-order valence-electron chi connectivity index (χ2n) is 7.81. The van der Waals surface area contributed by atoms with Crippen molar-refractivity contribution in [1.29, 1.82) is 0 Å². The molecule has 0 saturated carbocycles. The number of rotatable bonds is 5. The van der Waals surface area contributed by atoms with Crippen molar-refractivity contribution in [2.45, 2.75) is 19.2 Å². The number of sulfonamides is 1. The molecule has 0 saturated heterocycles. The second kappa shape index (κ2) is 9.35. The number of halogens is 3. The molecule has 1 heterocycles. The third kappa shape index (κ3) is 6.13. The van der Waals surface area contributed by atoms with E-state index in [1.54, 1.807) is 24.3 Å². The summed E-state index contributed by atoms with van der Waals surface area (Å²) in [6, 6.07) is 18.5. The van der Waals surface area contributed by atoms with Gasteiger partial charge in [-0.25, -0.2) is 13.4 Å². The molecular formula is C25H20F3N3O3S. The Kier molecular flexibility index (Phi) is 6.45. The fourth-order valence-electron chi connectivity index (χ4n) is 3.28. The quantitative estimate of drug-likeness (QED) is 0.364. The molecule has 0 aliphatic carbocycles. The van der Waals surface area contributed by atoms with E-state index in [2.05, 4.69) is 26.5 Å². The van der Waals surface area contributed by atoms with Crippen molar-refractivity contribution in [3.63, 3.8) is 0 Å². The van der Waals surface area contributed by atoms with E-state index in [4.69, 9.17) is 4.74 Å². The maximum atomic E-state index is 12.6. The number of imidazole rings is 1. The van der Waals surface area contributed by atoms with Crippen LogP contribution in [-0.2, 0) is 10.0 Å². The summed E-state index contributed by atoms with van der Waals surface area (Å²) in [4.78, 5) is 7.59. The summed E-state index contributed by atoms with van der Waals surface area (Å²) >= 11 is 0. The van der Waals surface area contributed by atoms with Crippen LogP contribution in [0.25, 0.3) is 22.2 Å². The average molecular weight is 500 g/mol. The Morgan fingerprint density at radius 3 is 2.43 bits per heavy atom. The highest BCUT2D eigenvalue weighted by Gasteiger charge is 2.38. The number of anilines is 1. The van der Waals surface area contributed by atoms with Crippen LogP contribution in [0, 0.1) is 11.8 Å². The number of aromatic nitrogens is 2. The highest BCUT2D eigenvalue weighted by Crippen LogP contribution is 2.30. The van der Waals surface area contributed by atoms with Crippen molar-refractivity contribution in [2.75, 3.05) is 11.0 Å². The van der Waals surface area contributed by atoms with Crippen molar-refractivity contribution >= 4 is 26.7 Å². The van der Waals surface area contributed by atoms with Gasteiger partial charge in [-0.05, 0) is 60.9 Å². The van der Waals surface area contributed by atoms with Gasteiger partial charge in [0.1, 0.15) is 5.75 Å². The summed E-state index contributed by atoms with van der Waals surface area (Å²) in [5.74, 6) is 6.33. The summed E-state index contributed by atoms with van der Waals surface area (Å²) in [6.45, 7) is 0.946. The van der Waals surface area contributed by atoms with Gasteiger partial charge in [-0.1, -0.05) is 30.2 Å². The van der Waals surface area contributed by atoms with Gasteiger partial charge in [0.05, 0.1) is 23.0 Å². The van der Waals surface area contributed by atoms with Crippen molar-refractivity contribution < 1.29 is 26.3 Å². The Morgan fingerprint density at radius 1 is 1.03 bits per heavy atom. The number of aromatic amines is 1. The van der Waals surface area contributed by atoms with Crippen LogP contribution < -0.4 is 9.46 Å². The summed E-state index contributed by atoms with van der Waals surface area (Å²) in [7, 11) is -3.44. The van der Waals surface area contributed by atoms with Crippen molar-refractivity contribution in [3.8, 4) is 28.7 Å². The fourth-order valence-corrected chi connectivity index (χ4v) is 3.85. The standard InChI is InChI=1S/C25H20F3N3O3S/c1-16(25(26,27)28)34-19-11-7-17(8-12-19)9-14-24-29-22-13-10-18(15-23(22)30-24)20-5-3-4-6-21(20)31-35(2,32)33/h3-8,10-13,15-16,31H,1-2H3,(H,29,30). The van der Waals surface area contributed by atoms with Crippen LogP contribution in [0.3, 0.4) is 0 Å². The molecule has 10 heteroatoms. The van der Waals surface area contributed by atoms with Gasteiger partial charge in [-0.15, -0.1) is 0 Å². The molecule has 0 aliphatic heterocycles. The van der Waals surface area contributed by atoms with Crippen LogP contribution >= 0.6 is 0 Å². The Morgan fingerprint density at radius 2 is 1.74 bits per heavy atom. The predicted molar refractivity (Wildman–Crippen MR) is 129 cm³/mol. The number of benzene rings is 3. The van der Waals surface area contributed by atoms with Gasteiger partial charge >= 0.3 is 6.18 Å². The first-order valence-electron chi connectivity index (χ1n) is 10.4. The van der Waals surface area contributed by atoms with E-state index < -0.39 is 22.3 Å². The normalized spacial score (nSPS) is 12.6. The summed E-state index contributed by atoms with van der Waals surface area (Å²) in [6.07, 6.45) is -5.25. The van der Waals surface area contributed by atoms with Gasteiger partial charge in [0.2, 0.25) is 10.0 Å². The van der Waals surface area contributed by atoms with E-state index in [0.717, 1.165) is 24.3 Å². The number of ether oxygens (including phenoxy) is 1. The molecule has 6 nitrogen and oxygen atoms in total. The summed E-state index contributed by atoms with van der Waals surface area (Å²) in [5, 5.41) is 0. The molecule has 1 aromatic heterocycles. The number of hydrogen-bond donors (Lipinski definition) is 2. The molecular weight excluding hydrogens is 479 g/mol. The van der Waals surface area contributed by atoms with Crippen LogP contribution in [-0.4, -0.2) is 36.9 Å². The summed E-state index contributed by atoms with van der Waals surface area (Å²) in [5.41, 5.74) is 3.92. The molecule has 35 heavy (non-hydrogen) atoms. The van der Waals surface area contributed by atoms with E-state index in [9.17, 15) is 21.6 Å². The van der Waals surface area contributed by atoms with Gasteiger partial charge < -0.3 is 9.72 Å². The zero-order valence-electron chi connectivity index (χ0n) is 18.6. The Bertz CT molecular complexity index is 1530. The number of nitrogens with one attached hydrogen (secondary N) is 2. The molecule has 0 bridgehead atoms. The van der Waals surface area contributed by atoms with Crippen LogP contribution in [0.15, 0.2) is 66.7 Å². The van der Waals surface area contributed by atoms with Gasteiger partial charge in [-0.3, -0.25) is 4.72 Å². The Hall–Kier alpha value is -3.97. The first-order chi connectivity index (χ1) is 16.5. The molecule has 1 unspecified atom stereocenters. The number of fused-ring (bicyclic) bond motifs is 1. The summed E-state index contributed by atoms with van der Waals surface area (Å²) < 4.78 is 68.7. The van der Waals surface area contributed by atoms with Crippen LogP contribution in [0.2, 0.25) is 0 Å². The van der Waals surface area contributed by atoms with Gasteiger partial charge in [0, 0.05) is 11.1 Å². The van der Waals surface area contributed by atoms with E-state index >= 15 is 0 Å². The molecule has 180 valence electrons. The van der Waals surface area contributed by atoms with Crippen molar-refractivity contribution in [3.05, 3.63) is 78.1 Å². The third-order valence-electron chi connectivity index (χ3n) is 4.97. The second-order valence-corrected chi connectivity index (χ2v) is 9.56. The molecule has 3 aromatic carbocycles. The van der Waals surface area contributed by atoms with Gasteiger partial charge in [-0.2, -0.15) is 13.2 Å². The number of H-pyrrole nitrogens is 1. The van der Waals surface area contributed by atoms with E-state index in [1.807, 2.05) is 30.3 Å².